The Morgan fingerprint density at radius 2 is 1.79 bits per heavy atom. The lowest BCUT2D eigenvalue weighted by Crippen LogP contribution is -2.27. The third-order valence-electron chi connectivity index (χ3n) is 2.84. The molecule has 0 saturated carbocycles. The maximum atomic E-state index is 12.2. The van der Waals surface area contributed by atoms with E-state index in [1.807, 2.05) is 49.4 Å². The number of rotatable bonds is 3. The second kappa shape index (κ2) is 6.22. The summed E-state index contributed by atoms with van der Waals surface area (Å²) in [4.78, 5) is 12.2. The van der Waals surface area contributed by atoms with Crippen molar-refractivity contribution in [2.75, 3.05) is 0 Å². The molecule has 2 aromatic carbocycles. The lowest BCUT2D eigenvalue weighted by atomic mass is 10.1. The fraction of sp³-hybridized carbons (Fsp3) is 0.133. The molecule has 98 valence electrons. The van der Waals surface area contributed by atoms with Gasteiger partial charge in [0.25, 0.3) is 5.91 Å². The first kappa shape index (κ1) is 14.1. The zero-order valence-electron chi connectivity index (χ0n) is 10.4. The Kier molecular flexibility index (Phi) is 4.61. The van der Waals surface area contributed by atoms with Gasteiger partial charge in [0.15, 0.2) is 0 Å². The number of benzene rings is 2. The molecular formula is C15H13BrClNO. The smallest absolute Gasteiger partial charge is 0.252 e. The maximum Gasteiger partial charge on any atom is 0.252 e. The summed E-state index contributed by atoms with van der Waals surface area (Å²) < 4.78 is 0.777. The van der Waals surface area contributed by atoms with E-state index in [4.69, 9.17) is 11.6 Å². The molecule has 0 fully saturated rings. The normalized spacial score (nSPS) is 11.9. The van der Waals surface area contributed by atoms with Gasteiger partial charge in [-0.2, -0.15) is 0 Å². The zero-order valence-corrected chi connectivity index (χ0v) is 12.7. The Balaban J connectivity index is 2.16. The summed E-state index contributed by atoms with van der Waals surface area (Å²) in [6.07, 6.45) is 0. The highest BCUT2D eigenvalue weighted by molar-refractivity contribution is 9.10. The molecule has 4 heteroatoms. The van der Waals surface area contributed by atoms with Crippen LogP contribution in [0.25, 0.3) is 0 Å². The minimum atomic E-state index is -0.145. The number of hydrogen-bond donors (Lipinski definition) is 1. The summed E-state index contributed by atoms with van der Waals surface area (Å²) in [5.74, 6) is -0.125. The monoisotopic (exact) mass is 337 g/mol. The topological polar surface area (TPSA) is 29.1 Å². The van der Waals surface area contributed by atoms with Crippen molar-refractivity contribution in [3.63, 3.8) is 0 Å². The molecular weight excluding hydrogens is 326 g/mol. The van der Waals surface area contributed by atoms with Gasteiger partial charge in [0, 0.05) is 9.50 Å². The average Bonchev–Trinajstić information content (AvgIpc) is 2.39. The van der Waals surface area contributed by atoms with Gasteiger partial charge in [-0.25, -0.2) is 0 Å². The van der Waals surface area contributed by atoms with Crippen LogP contribution in [0.5, 0.6) is 0 Å². The molecule has 1 N–H and O–H groups in total. The third kappa shape index (κ3) is 3.37. The van der Waals surface area contributed by atoms with Crippen LogP contribution < -0.4 is 5.32 Å². The van der Waals surface area contributed by atoms with Crippen LogP contribution in [0.2, 0.25) is 5.02 Å². The number of halogens is 2. The Labute approximate surface area is 125 Å². The zero-order chi connectivity index (χ0) is 13.8. The molecule has 0 aliphatic rings. The molecule has 2 rings (SSSR count). The lowest BCUT2D eigenvalue weighted by Gasteiger charge is -2.16. The van der Waals surface area contributed by atoms with Gasteiger partial charge in [0.05, 0.1) is 11.6 Å². The largest absolute Gasteiger partial charge is 0.345 e. The third-order valence-corrected chi connectivity index (χ3v) is 3.87. The van der Waals surface area contributed by atoms with E-state index >= 15 is 0 Å². The van der Waals surface area contributed by atoms with Crippen LogP contribution in [0.15, 0.2) is 53.0 Å². The molecule has 0 spiro atoms. The molecule has 0 aliphatic carbocycles. The molecule has 0 saturated heterocycles. The summed E-state index contributed by atoms with van der Waals surface area (Å²) in [6, 6.07) is 14.7. The number of carbonyl (C=O) groups excluding carboxylic acids is 1. The summed E-state index contributed by atoms with van der Waals surface area (Å²) in [7, 11) is 0. The van der Waals surface area contributed by atoms with Crippen LogP contribution in [0, 0.1) is 0 Å². The average molecular weight is 339 g/mol. The highest BCUT2D eigenvalue weighted by Crippen LogP contribution is 2.23. The molecule has 0 aliphatic heterocycles. The molecule has 0 heterocycles. The van der Waals surface area contributed by atoms with E-state index in [0.717, 1.165) is 10.0 Å². The van der Waals surface area contributed by atoms with Gasteiger partial charge in [-0.1, -0.05) is 41.9 Å². The van der Waals surface area contributed by atoms with E-state index < -0.39 is 0 Å². The second-order valence-corrected chi connectivity index (χ2v) is 5.46. The molecule has 19 heavy (non-hydrogen) atoms. The van der Waals surface area contributed by atoms with Crippen LogP contribution in [0.1, 0.15) is 28.9 Å². The molecule has 0 radical (unpaired) electrons. The first-order chi connectivity index (χ1) is 9.09. The number of amides is 1. The fourth-order valence-corrected chi connectivity index (χ4v) is 2.59. The van der Waals surface area contributed by atoms with E-state index in [0.29, 0.717) is 10.6 Å². The van der Waals surface area contributed by atoms with Gasteiger partial charge >= 0.3 is 0 Å². The van der Waals surface area contributed by atoms with E-state index in [2.05, 4.69) is 21.2 Å². The van der Waals surface area contributed by atoms with E-state index in [1.165, 1.54) is 0 Å². The molecule has 0 bridgehead atoms. The molecule has 1 amide bonds. The highest BCUT2D eigenvalue weighted by Gasteiger charge is 2.15. The molecule has 2 aromatic rings. The molecule has 0 aromatic heterocycles. The van der Waals surface area contributed by atoms with E-state index in [9.17, 15) is 4.79 Å². The van der Waals surface area contributed by atoms with Gasteiger partial charge in [0.2, 0.25) is 0 Å². The van der Waals surface area contributed by atoms with Gasteiger partial charge in [-0.05, 0) is 46.6 Å². The highest BCUT2D eigenvalue weighted by atomic mass is 79.9. The summed E-state index contributed by atoms with van der Waals surface area (Å²) in [6.45, 7) is 1.91. The van der Waals surface area contributed by atoms with Crippen molar-refractivity contribution in [2.24, 2.45) is 0 Å². The van der Waals surface area contributed by atoms with Crippen LogP contribution in [0.3, 0.4) is 0 Å². The fourth-order valence-electron chi connectivity index (χ4n) is 1.82. The van der Waals surface area contributed by atoms with Crippen LogP contribution in [0.4, 0.5) is 0 Å². The Morgan fingerprint density at radius 1 is 1.16 bits per heavy atom. The first-order valence-corrected chi connectivity index (χ1v) is 7.06. The van der Waals surface area contributed by atoms with Crippen molar-refractivity contribution in [3.05, 3.63) is 69.2 Å². The van der Waals surface area contributed by atoms with Gasteiger partial charge in [-0.15, -0.1) is 0 Å². The lowest BCUT2D eigenvalue weighted by molar-refractivity contribution is 0.0939. The van der Waals surface area contributed by atoms with Crippen LogP contribution in [-0.2, 0) is 0 Å². The second-order valence-electron chi connectivity index (χ2n) is 4.20. The van der Waals surface area contributed by atoms with Crippen molar-refractivity contribution < 1.29 is 4.79 Å². The quantitative estimate of drug-likeness (QED) is 0.871. The molecule has 2 nitrogen and oxygen atoms in total. The van der Waals surface area contributed by atoms with Crippen LogP contribution >= 0.6 is 27.5 Å². The maximum absolute atomic E-state index is 12.2. The van der Waals surface area contributed by atoms with E-state index in [1.54, 1.807) is 6.07 Å². The number of carbonyl (C=O) groups is 1. The Hall–Kier alpha value is -1.32. The minimum Gasteiger partial charge on any atom is -0.345 e. The summed E-state index contributed by atoms with van der Waals surface area (Å²) in [5.41, 5.74) is 1.52. The minimum absolute atomic E-state index is 0.125. The number of hydrogen-bond acceptors (Lipinski definition) is 1. The van der Waals surface area contributed by atoms with Gasteiger partial charge in [0.1, 0.15) is 0 Å². The Morgan fingerprint density at radius 3 is 2.47 bits per heavy atom. The van der Waals surface area contributed by atoms with E-state index in [-0.39, 0.29) is 11.9 Å². The predicted molar refractivity (Wildman–Crippen MR) is 81.5 cm³/mol. The molecule has 0 unspecified atom stereocenters. The predicted octanol–water partition coefficient (Wildman–Crippen LogP) is 4.59. The first-order valence-electron chi connectivity index (χ1n) is 5.89. The van der Waals surface area contributed by atoms with Gasteiger partial charge < -0.3 is 5.32 Å². The Bertz CT molecular complexity index is 600. The summed E-state index contributed by atoms with van der Waals surface area (Å²) >= 11 is 9.49. The van der Waals surface area contributed by atoms with Crippen LogP contribution in [-0.4, -0.2) is 5.91 Å². The van der Waals surface area contributed by atoms with Crippen molar-refractivity contribution in [1.82, 2.24) is 5.32 Å². The van der Waals surface area contributed by atoms with Crippen molar-refractivity contribution in [3.8, 4) is 0 Å². The SMILES string of the molecule is C[C@H](NC(=O)c1ccccc1Br)c1ccccc1Cl. The van der Waals surface area contributed by atoms with Gasteiger partial charge in [-0.3, -0.25) is 4.79 Å². The van der Waals surface area contributed by atoms with Crippen molar-refractivity contribution in [1.29, 1.82) is 0 Å². The standard InChI is InChI=1S/C15H13BrClNO/c1-10(11-6-3-5-9-14(11)17)18-15(19)12-7-2-4-8-13(12)16/h2-10H,1H3,(H,18,19)/t10-/m0/s1. The summed E-state index contributed by atoms with van der Waals surface area (Å²) in [5, 5.41) is 3.60. The van der Waals surface area contributed by atoms with Crippen molar-refractivity contribution >= 4 is 33.4 Å². The number of nitrogens with one attached hydrogen (secondary N) is 1. The molecule has 1 atom stereocenters. The van der Waals surface area contributed by atoms with Crippen molar-refractivity contribution in [2.45, 2.75) is 13.0 Å².